The van der Waals surface area contributed by atoms with Gasteiger partial charge in [-0.1, -0.05) is 32.8 Å². The van der Waals surface area contributed by atoms with E-state index < -0.39 is 0 Å². The Bertz CT molecular complexity index is 217. The zero-order valence-corrected chi connectivity index (χ0v) is 11.5. The van der Waals surface area contributed by atoms with Gasteiger partial charge in [0, 0.05) is 6.42 Å². The van der Waals surface area contributed by atoms with Crippen molar-refractivity contribution in [2.45, 2.75) is 64.3 Å². The fraction of sp³-hybridized carbons (Fsp3) is 0.867. The van der Waals surface area contributed by atoms with Crippen LogP contribution in [0, 0.1) is 0 Å². The second kappa shape index (κ2) is 7.88. The summed E-state index contributed by atoms with van der Waals surface area (Å²) >= 11 is 0. The van der Waals surface area contributed by atoms with Gasteiger partial charge < -0.3 is 5.11 Å². The minimum atomic E-state index is 0.296. The highest BCUT2D eigenvalue weighted by atomic mass is 16.3. The van der Waals surface area contributed by atoms with Gasteiger partial charge in [-0.05, 0) is 31.8 Å². The van der Waals surface area contributed by atoms with Gasteiger partial charge in [-0.3, -0.25) is 4.48 Å². The van der Waals surface area contributed by atoms with Crippen LogP contribution in [-0.4, -0.2) is 35.5 Å². The van der Waals surface area contributed by atoms with Gasteiger partial charge in [0.1, 0.15) is 6.04 Å². The largest absolute Gasteiger partial charge is 0.347 e. The molecule has 0 aliphatic carbocycles. The highest BCUT2D eigenvalue weighted by Crippen LogP contribution is 2.27. The molecule has 0 bridgehead atoms. The highest BCUT2D eigenvalue weighted by molar-refractivity contribution is 4.83. The van der Waals surface area contributed by atoms with Crippen molar-refractivity contribution in [3.63, 3.8) is 0 Å². The van der Waals surface area contributed by atoms with Crippen LogP contribution in [0.25, 0.3) is 0 Å². The third kappa shape index (κ3) is 4.11. The molecule has 0 saturated carbocycles. The summed E-state index contributed by atoms with van der Waals surface area (Å²) in [6.07, 6.45) is 12.4. The predicted molar refractivity (Wildman–Crippen MR) is 73.7 cm³/mol. The summed E-state index contributed by atoms with van der Waals surface area (Å²) in [6, 6.07) is 0.486. The molecule has 2 nitrogen and oxygen atoms in total. The molecule has 0 spiro atoms. The van der Waals surface area contributed by atoms with Crippen LogP contribution in [0.4, 0.5) is 0 Å². The number of aliphatic hydroxyl groups excluding tert-OH is 1. The Labute approximate surface area is 107 Å². The molecule has 100 valence electrons. The molecule has 1 heterocycles. The van der Waals surface area contributed by atoms with Crippen molar-refractivity contribution >= 4 is 0 Å². The van der Waals surface area contributed by atoms with E-state index >= 15 is 0 Å². The number of piperidine rings is 1. The lowest BCUT2D eigenvalue weighted by Gasteiger charge is -2.45. The molecule has 2 unspecified atom stereocenters. The maximum Gasteiger partial charge on any atom is 0.180 e. The van der Waals surface area contributed by atoms with Crippen LogP contribution in [0.3, 0.4) is 0 Å². The van der Waals surface area contributed by atoms with Gasteiger partial charge in [0.05, 0.1) is 13.1 Å². The van der Waals surface area contributed by atoms with Gasteiger partial charge in [-0.2, -0.15) is 0 Å². The van der Waals surface area contributed by atoms with Crippen LogP contribution in [0.5, 0.6) is 0 Å². The van der Waals surface area contributed by atoms with E-state index in [9.17, 15) is 5.11 Å². The fourth-order valence-electron chi connectivity index (χ4n) is 3.12. The van der Waals surface area contributed by atoms with E-state index in [0.29, 0.717) is 12.8 Å². The van der Waals surface area contributed by atoms with Crippen molar-refractivity contribution in [3.05, 3.63) is 12.7 Å². The Morgan fingerprint density at radius 3 is 2.65 bits per heavy atom. The molecule has 2 heteroatoms. The minimum absolute atomic E-state index is 0.296. The predicted octanol–water partition coefficient (Wildman–Crippen LogP) is 3.46. The smallest absolute Gasteiger partial charge is 0.180 e. The minimum Gasteiger partial charge on any atom is -0.347 e. The van der Waals surface area contributed by atoms with E-state index in [2.05, 4.69) is 19.6 Å². The SMILES string of the molecule is C=CC1CCCC[N+]1(CO)CCCCCCC. The summed E-state index contributed by atoms with van der Waals surface area (Å²) in [6.45, 7) is 8.78. The van der Waals surface area contributed by atoms with Crippen LogP contribution in [0.1, 0.15) is 58.3 Å². The first-order chi connectivity index (χ1) is 8.29. The lowest BCUT2D eigenvalue weighted by atomic mass is 9.98. The summed E-state index contributed by atoms with van der Waals surface area (Å²) in [5.41, 5.74) is 0. The molecule has 1 N–H and O–H groups in total. The molecule has 1 saturated heterocycles. The number of nitrogens with zero attached hydrogens (tertiary/aromatic N) is 1. The van der Waals surface area contributed by atoms with Gasteiger partial charge in [0.25, 0.3) is 0 Å². The lowest BCUT2D eigenvalue weighted by Crippen LogP contribution is -2.58. The number of aliphatic hydroxyl groups is 1. The van der Waals surface area contributed by atoms with Crippen molar-refractivity contribution in [3.8, 4) is 0 Å². The Morgan fingerprint density at radius 2 is 2.00 bits per heavy atom. The molecule has 0 aromatic heterocycles. The molecule has 0 aromatic carbocycles. The number of likely N-dealkylation sites (tertiary alicyclic amines) is 1. The quantitative estimate of drug-likeness (QED) is 0.391. The number of hydrogen-bond acceptors (Lipinski definition) is 1. The van der Waals surface area contributed by atoms with Crippen molar-refractivity contribution in [1.29, 1.82) is 0 Å². The molecule has 0 amide bonds. The number of hydrogen-bond donors (Lipinski definition) is 1. The third-order valence-electron chi connectivity index (χ3n) is 4.32. The molecule has 1 aliphatic heterocycles. The number of unbranched alkanes of at least 4 members (excludes halogenated alkanes) is 4. The summed E-state index contributed by atoms with van der Waals surface area (Å²) < 4.78 is 0.885. The van der Waals surface area contributed by atoms with Gasteiger partial charge >= 0.3 is 0 Å². The first kappa shape index (κ1) is 14.7. The summed E-state index contributed by atoms with van der Waals surface area (Å²) in [5.74, 6) is 0. The van der Waals surface area contributed by atoms with E-state index in [-0.39, 0.29) is 0 Å². The van der Waals surface area contributed by atoms with E-state index in [1.165, 1.54) is 51.4 Å². The van der Waals surface area contributed by atoms with Crippen LogP contribution in [0.15, 0.2) is 12.7 Å². The standard InChI is InChI=1S/C15H30NO/c1-3-5-6-7-9-12-16(14-17)13-10-8-11-15(16)4-2/h4,15,17H,2-3,5-14H2,1H3/q+1. The molecule has 1 rings (SSSR count). The van der Waals surface area contributed by atoms with Gasteiger partial charge in [-0.25, -0.2) is 0 Å². The molecular formula is C15H30NO+. The first-order valence-electron chi connectivity index (χ1n) is 7.38. The van der Waals surface area contributed by atoms with E-state index in [4.69, 9.17) is 0 Å². The van der Waals surface area contributed by atoms with Crippen LogP contribution in [0.2, 0.25) is 0 Å². The molecule has 17 heavy (non-hydrogen) atoms. The Hall–Kier alpha value is -0.340. The Balaban J connectivity index is 2.40. The molecular weight excluding hydrogens is 210 g/mol. The average molecular weight is 240 g/mol. The monoisotopic (exact) mass is 240 g/mol. The van der Waals surface area contributed by atoms with Gasteiger partial charge in [-0.15, -0.1) is 0 Å². The van der Waals surface area contributed by atoms with Crippen LogP contribution < -0.4 is 0 Å². The maximum atomic E-state index is 9.77. The van der Waals surface area contributed by atoms with Gasteiger partial charge in [0.2, 0.25) is 0 Å². The molecule has 1 fully saturated rings. The van der Waals surface area contributed by atoms with Crippen LogP contribution >= 0.6 is 0 Å². The summed E-state index contributed by atoms with van der Waals surface area (Å²) in [5, 5.41) is 9.77. The van der Waals surface area contributed by atoms with Crippen molar-refractivity contribution in [1.82, 2.24) is 0 Å². The van der Waals surface area contributed by atoms with Crippen LogP contribution in [-0.2, 0) is 0 Å². The molecule has 2 atom stereocenters. The summed E-state index contributed by atoms with van der Waals surface area (Å²) in [4.78, 5) is 0. The third-order valence-corrected chi connectivity index (χ3v) is 4.32. The van der Waals surface area contributed by atoms with E-state index in [0.717, 1.165) is 17.6 Å². The van der Waals surface area contributed by atoms with E-state index in [1.54, 1.807) is 0 Å². The average Bonchev–Trinajstić information content (AvgIpc) is 2.39. The van der Waals surface area contributed by atoms with Crippen molar-refractivity contribution in [2.75, 3.05) is 19.8 Å². The summed E-state index contributed by atoms with van der Waals surface area (Å²) in [7, 11) is 0. The normalized spacial score (nSPS) is 29.2. The molecule has 0 radical (unpaired) electrons. The Kier molecular flexibility index (Phi) is 6.83. The van der Waals surface area contributed by atoms with Gasteiger partial charge in [0.15, 0.2) is 6.73 Å². The van der Waals surface area contributed by atoms with E-state index in [1.807, 2.05) is 0 Å². The highest BCUT2D eigenvalue weighted by Gasteiger charge is 2.36. The zero-order chi connectivity index (χ0) is 12.6. The van der Waals surface area contributed by atoms with Crippen molar-refractivity contribution < 1.29 is 9.59 Å². The second-order valence-corrected chi connectivity index (χ2v) is 5.52. The lowest BCUT2D eigenvalue weighted by molar-refractivity contribution is -0.965. The fourth-order valence-corrected chi connectivity index (χ4v) is 3.12. The van der Waals surface area contributed by atoms with Crippen molar-refractivity contribution in [2.24, 2.45) is 0 Å². The number of quaternary nitrogens is 1. The second-order valence-electron chi connectivity index (χ2n) is 5.52. The Morgan fingerprint density at radius 1 is 1.24 bits per heavy atom. The topological polar surface area (TPSA) is 20.2 Å². The number of rotatable bonds is 8. The molecule has 0 aromatic rings. The first-order valence-corrected chi connectivity index (χ1v) is 7.38. The molecule has 1 aliphatic rings. The zero-order valence-electron chi connectivity index (χ0n) is 11.5. The maximum absolute atomic E-state index is 9.77.